The molecule has 25 heavy (non-hydrogen) atoms. The van der Waals surface area contributed by atoms with Crippen LogP contribution in [0.2, 0.25) is 0 Å². The Labute approximate surface area is 145 Å². The first kappa shape index (κ1) is 17.2. The van der Waals surface area contributed by atoms with Crippen molar-refractivity contribution in [2.75, 3.05) is 13.7 Å². The molecule has 2 heterocycles. The predicted octanol–water partition coefficient (Wildman–Crippen LogP) is 2.60. The molecule has 8 nitrogen and oxygen atoms in total. The van der Waals surface area contributed by atoms with Crippen LogP contribution in [0, 0.1) is 6.92 Å². The van der Waals surface area contributed by atoms with Gasteiger partial charge in [0.15, 0.2) is 11.6 Å². The number of ether oxygens (including phenoxy) is 1. The molecule has 0 amide bonds. The summed E-state index contributed by atoms with van der Waals surface area (Å²) in [7, 11) is 1.59. The summed E-state index contributed by atoms with van der Waals surface area (Å²) in [5, 5.41) is 7.93. The summed E-state index contributed by atoms with van der Waals surface area (Å²) in [6.07, 6.45) is 0. The number of rotatable bonds is 8. The lowest BCUT2D eigenvalue weighted by atomic mass is 10.1. The largest absolute Gasteiger partial charge is 0.377 e. The van der Waals surface area contributed by atoms with Crippen LogP contribution in [0.3, 0.4) is 0 Å². The lowest BCUT2D eigenvalue weighted by molar-refractivity contribution is 0.174. The molecule has 1 aromatic carbocycles. The van der Waals surface area contributed by atoms with Crippen molar-refractivity contribution in [2.24, 2.45) is 0 Å². The van der Waals surface area contributed by atoms with Gasteiger partial charge in [-0.2, -0.15) is 9.97 Å². The minimum Gasteiger partial charge on any atom is -0.377 e. The van der Waals surface area contributed by atoms with Crippen molar-refractivity contribution >= 4 is 0 Å². The van der Waals surface area contributed by atoms with E-state index in [-0.39, 0.29) is 0 Å². The maximum Gasteiger partial charge on any atom is 0.257 e. The Kier molecular flexibility index (Phi) is 5.52. The second-order valence-corrected chi connectivity index (χ2v) is 5.72. The summed E-state index contributed by atoms with van der Waals surface area (Å²) < 4.78 is 15.6. The third kappa shape index (κ3) is 4.49. The van der Waals surface area contributed by atoms with E-state index in [2.05, 4.69) is 25.2 Å². The van der Waals surface area contributed by atoms with Gasteiger partial charge in [0.25, 0.3) is 5.89 Å². The quantitative estimate of drug-likeness (QED) is 0.616. The smallest absolute Gasteiger partial charge is 0.257 e. The molecule has 0 aliphatic rings. The van der Waals surface area contributed by atoms with Gasteiger partial charge in [-0.05, 0) is 25.6 Å². The molecule has 0 bridgehead atoms. The number of hydrogen-bond acceptors (Lipinski definition) is 8. The fourth-order valence-corrected chi connectivity index (χ4v) is 2.34. The number of hydrogen-bond donors (Lipinski definition) is 0. The standard InChI is InChI=1S/C17H21N5O3/c1-4-22(10-16-18-15(11-23-3)21-24-16)9-14-19-17(25-20-14)13-7-5-12(2)6-8-13/h5-8H,4,9-11H2,1-3H3. The number of benzene rings is 1. The molecule has 0 N–H and O–H groups in total. The molecule has 0 saturated heterocycles. The third-order valence-corrected chi connectivity index (χ3v) is 3.72. The molecule has 132 valence electrons. The van der Waals surface area contributed by atoms with Crippen molar-refractivity contribution < 1.29 is 13.8 Å². The highest BCUT2D eigenvalue weighted by atomic mass is 16.5. The number of nitrogens with zero attached hydrogens (tertiary/aromatic N) is 5. The molecular formula is C17H21N5O3. The molecule has 0 atom stereocenters. The Morgan fingerprint density at radius 2 is 1.76 bits per heavy atom. The highest BCUT2D eigenvalue weighted by molar-refractivity contribution is 5.53. The molecule has 0 radical (unpaired) electrons. The Hall–Kier alpha value is -2.58. The van der Waals surface area contributed by atoms with Gasteiger partial charge < -0.3 is 13.8 Å². The predicted molar refractivity (Wildman–Crippen MR) is 89.3 cm³/mol. The van der Waals surface area contributed by atoms with Gasteiger partial charge in [0.2, 0.25) is 5.89 Å². The van der Waals surface area contributed by atoms with E-state index in [4.69, 9.17) is 13.8 Å². The van der Waals surface area contributed by atoms with Crippen LogP contribution in [-0.4, -0.2) is 38.8 Å². The summed E-state index contributed by atoms with van der Waals surface area (Å²) >= 11 is 0. The summed E-state index contributed by atoms with van der Waals surface area (Å²) in [5.41, 5.74) is 2.10. The first-order chi connectivity index (χ1) is 12.2. The Balaban J connectivity index is 1.64. The first-order valence-corrected chi connectivity index (χ1v) is 8.10. The van der Waals surface area contributed by atoms with Gasteiger partial charge in [0, 0.05) is 12.7 Å². The minimum atomic E-state index is 0.334. The van der Waals surface area contributed by atoms with E-state index in [1.807, 2.05) is 38.1 Å². The second-order valence-electron chi connectivity index (χ2n) is 5.72. The topological polar surface area (TPSA) is 90.3 Å². The lowest BCUT2D eigenvalue weighted by Gasteiger charge is -2.15. The van der Waals surface area contributed by atoms with Crippen LogP contribution in [0.1, 0.15) is 30.0 Å². The highest BCUT2D eigenvalue weighted by Gasteiger charge is 2.15. The van der Waals surface area contributed by atoms with Crippen LogP contribution in [0.5, 0.6) is 0 Å². The molecule has 0 aliphatic heterocycles. The molecule has 3 aromatic rings. The second kappa shape index (κ2) is 8.00. The van der Waals surface area contributed by atoms with Gasteiger partial charge in [0.05, 0.1) is 13.1 Å². The normalized spacial score (nSPS) is 11.4. The number of aromatic nitrogens is 4. The van der Waals surface area contributed by atoms with E-state index in [0.29, 0.717) is 43.1 Å². The number of aryl methyl sites for hydroxylation is 1. The van der Waals surface area contributed by atoms with Crippen molar-refractivity contribution in [3.05, 3.63) is 47.4 Å². The Morgan fingerprint density at radius 3 is 2.48 bits per heavy atom. The lowest BCUT2D eigenvalue weighted by Crippen LogP contribution is -2.23. The van der Waals surface area contributed by atoms with Crippen LogP contribution in [0.25, 0.3) is 11.5 Å². The average molecular weight is 343 g/mol. The monoisotopic (exact) mass is 343 g/mol. The highest BCUT2D eigenvalue weighted by Crippen LogP contribution is 2.18. The maximum absolute atomic E-state index is 5.37. The SMILES string of the molecule is CCN(Cc1noc(-c2ccc(C)cc2)n1)Cc1nc(COC)no1. The van der Waals surface area contributed by atoms with E-state index in [1.54, 1.807) is 7.11 Å². The Bertz CT molecular complexity index is 797. The molecule has 8 heteroatoms. The fraction of sp³-hybridized carbons (Fsp3) is 0.412. The van der Waals surface area contributed by atoms with Gasteiger partial charge in [-0.25, -0.2) is 0 Å². The van der Waals surface area contributed by atoms with Gasteiger partial charge in [-0.3, -0.25) is 4.90 Å². The van der Waals surface area contributed by atoms with Crippen molar-refractivity contribution in [2.45, 2.75) is 33.5 Å². The van der Waals surface area contributed by atoms with Crippen molar-refractivity contribution in [1.82, 2.24) is 25.2 Å². The zero-order valence-electron chi connectivity index (χ0n) is 14.6. The van der Waals surface area contributed by atoms with Gasteiger partial charge in [0.1, 0.15) is 6.61 Å². The molecule has 3 rings (SSSR count). The summed E-state index contributed by atoms with van der Waals surface area (Å²) in [6.45, 7) is 6.26. The summed E-state index contributed by atoms with van der Waals surface area (Å²) in [6, 6.07) is 7.98. The maximum atomic E-state index is 5.37. The molecule has 2 aromatic heterocycles. The van der Waals surface area contributed by atoms with Crippen molar-refractivity contribution in [1.29, 1.82) is 0 Å². The van der Waals surface area contributed by atoms with E-state index >= 15 is 0 Å². The third-order valence-electron chi connectivity index (χ3n) is 3.72. The van der Waals surface area contributed by atoms with Gasteiger partial charge >= 0.3 is 0 Å². The molecule has 0 unspecified atom stereocenters. The van der Waals surface area contributed by atoms with Crippen LogP contribution in [-0.2, 0) is 24.4 Å². The average Bonchev–Trinajstić information content (AvgIpc) is 3.25. The first-order valence-electron chi connectivity index (χ1n) is 8.10. The molecule has 0 saturated carbocycles. The van der Waals surface area contributed by atoms with E-state index in [9.17, 15) is 0 Å². The summed E-state index contributed by atoms with van der Waals surface area (Å²) in [4.78, 5) is 10.8. The molecule has 0 spiro atoms. The van der Waals surface area contributed by atoms with E-state index in [1.165, 1.54) is 5.56 Å². The molecular weight excluding hydrogens is 322 g/mol. The molecule has 0 fully saturated rings. The van der Waals surface area contributed by atoms with E-state index in [0.717, 1.165) is 12.1 Å². The van der Waals surface area contributed by atoms with Crippen LogP contribution in [0.4, 0.5) is 0 Å². The van der Waals surface area contributed by atoms with Gasteiger partial charge in [-0.1, -0.05) is 34.9 Å². The fourth-order valence-electron chi connectivity index (χ4n) is 2.34. The van der Waals surface area contributed by atoms with Crippen LogP contribution >= 0.6 is 0 Å². The molecule has 0 aliphatic carbocycles. The van der Waals surface area contributed by atoms with Crippen LogP contribution < -0.4 is 0 Å². The zero-order chi connectivity index (χ0) is 17.6. The van der Waals surface area contributed by atoms with Gasteiger partial charge in [-0.15, -0.1) is 0 Å². The minimum absolute atomic E-state index is 0.334. The number of methoxy groups -OCH3 is 1. The van der Waals surface area contributed by atoms with E-state index < -0.39 is 0 Å². The summed E-state index contributed by atoms with van der Waals surface area (Å²) in [5.74, 6) is 2.21. The van der Waals surface area contributed by atoms with Crippen molar-refractivity contribution in [3.63, 3.8) is 0 Å². The van der Waals surface area contributed by atoms with Crippen LogP contribution in [0.15, 0.2) is 33.3 Å². The Morgan fingerprint density at radius 1 is 1.00 bits per heavy atom. The van der Waals surface area contributed by atoms with Crippen molar-refractivity contribution in [3.8, 4) is 11.5 Å². The zero-order valence-corrected chi connectivity index (χ0v) is 14.6.